The summed E-state index contributed by atoms with van der Waals surface area (Å²) < 4.78 is 23.3. The minimum absolute atomic E-state index is 0.0584. The van der Waals surface area contributed by atoms with Gasteiger partial charge < -0.3 is 0 Å². The maximum atomic E-state index is 11.6. The van der Waals surface area contributed by atoms with Crippen LogP contribution in [0.2, 0.25) is 0 Å². The lowest BCUT2D eigenvalue weighted by Gasteiger charge is -1.92. The molecule has 0 saturated heterocycles. The molecule has 0 fully saturated rings. The van der Waals surface area contributed by atoms with Crippen LogP contribution in [-0.2, 0) is 9.84 Å². The van der Waals surface area contributed by atoms with Crippen molar-refractivity contribution in [3.05, 3.63) is 11.1 Å². The van der Waals surface area contributed by atoms with E-state index in [-0.39, 0.29) is 15.1 Å². The second-order valence-electron chi connectivity index (χ2n) is 2.27. The van der Waals surface area contributed by atoms with Crippen LogP contribution in [0, 0.1) is 4.77 Å². The molecule has 0 saturated carbocycles. The van der Waals surface area contributed by atoms with E-state index in [1.807, 2.05) is 0 Å². The molecule has 10 heteroatoms. The van der Waals surface area contributed by atoms with Crippen molar-refractivity contribution in [2.75, 3.05) is 0 Å². The predicted octanol–water partition coefficient (Wildman–Crippen LogP) is -0.582. The van der Waals surface area contributed by atoms with Gasteiger partial charge >= 0.3 is 0 Å². The highest BCUT2D eigenvalue weighted by atomic mass is 32.2. The summed E-state index contributed by atoms with van der Waals surface area (Å²) >= 11 is 4.62. The number of aromatic nitrogens is 6. The van der Waals surface area contributed by atoms with E-state index in [0.717, 1.165) is 6.33 Å². The predicted molar refractivity (Wildman–Crippen MR) is 45.6 cm³/mol. The topological polar surface area (TPSA) is 120 Å². The van der Waals surface area contributed by atoms with Crippen molar-refractivity contribution < 1.29 is 8.42 Å². The number of rotatable bonds is 2. The summed E-state index contributed by atoms with van der Waals surface area (Å²) in [6, 6.07) is 0. The Hall–Kier alpha value is -1.55. The highest BCUT2D eigenvalue weighted by molar-refractivity contribution is 7.91. The lowest BCUT2D eigenvalue weighted by Crippen LogP contribution is -2.06. The van der Waals surface area contributed by atoms with Gasteiger partial charge in [-0.15, -0.1) is 0 Å². The Labute approximate surface area is 82.7 Å². The Kier molecular flexibility index (Phi) is 1.93. The molecule has 0 spiro atoms. The van der Waals surface area contributed by atoms with E-state index in [2.05, 4.69) is 42.6 Å². The van der Waals surface area contributed by atoms with Crippen molar-refractivity contribution in [2.24, 2.45) is 0 Å². The van der Waals surface area contributed by atoms with E-state index < -0.39 is 9.84 Å². The Morgan fingerprint density at radius 1 is 1.29 bits per heavy atom. The third kappa shape index (κ3) is 1.33. The van der Waals surface area contributed by atoms with Gasteiger partial charge in [0.05, 0.1) is 0 Å². The van der Waals surface area contributed by atoms with Crippen LogP contribution in [0.25, 0.3) is 0 Å². The molecule has 0 aliphatic rings. The van der Waals surface area contributed by atoms with E-state index in [1.54, 1.807) is 0 Å². The smallest absolute Gasteiger partial charge is 0.273 e. The van der Waals surface area contributed by atoms with E-state index in [0.29, 0.717) is 0 Å². The molecule has 2 rings (SSSR count). The van der Waals surface area contributed by atoms with E-state index in [9.17, 15) is 8.42 Å². The average molecular weight is 232 g/mol. The van der Waals surface area contributed by atoms with Crippen LogP contribution in [-0.4, -0.2) is 38.8 Å². The third-order valence-corrected chi connectivity index (χ3v) is 2.98. The molecule has 0 atom stereocenters. The molecule has 0 amide bonds. The fraction of sp³-hybridized carbons (Fsp3) is 0. The molecular formula is C4H4N6O2S2. The normalized spacial score (nSPS) is 11.7. The summed E-state index contributed by atoms with van der Waals surface area (Å²) in [5.74, 6) is 0. The second kappa shape index (κ2) is 2.99. The fourth-order valence-electron chi connectivity index (χ4n) is 0.798. The zero-order valence-electron chi connectivity index (χ0n) is 6.55. The first-order valence-electron chi connectivity index (χ1n) is 3.36. The zero-order chi connectivity index (χ0) is 10.2. The maximum Gasteiger partial charge on any atom is 0.276 e. The summed E-state index contributed by atoms with van der Waals surface area (Å²) in [5.41, 5.74) is 0. The summed E-state index contributed by atoms with van der Waals surface area (Å²) in [5, 5.41) is 9.77. The van der Waals surface area contributed by atoms with E-state index >= 15 is 0 Å². The maximum absolute atomic E-state index is 11.6. The molecule has 2 heterocycles. The fourth-order valence-corrected chi connectivity index (χ4v) is 1.94. The van der Waals surface area contributed by atoms with Crippen LogP contribution in [0.15, 0.2) is 16.6 Å². The summed E-state index contributed by atoms with van der Waals surface area (Å²) in [4.78, 5) is 7.08. The van der Waals surface area contributed by atoms with Gasteiger partial charge in [0.2, 0.25) is 4.77 Å². The number of aromatic amines is 3. The van der Waals surface area contributed by atoms with Crippen molar-refractivity contribution in [2.45, 2.75) is 10.3 Å². The van der Waals surface area contributed by atoms with Gasteiger partial charge in [-0.25, -0.2) is 18.5 Å². The Morgan fingerprint density at radius 3 is 2.57 bits per heavy atom. The second-order valence-corrected chi connectivity index (χ2v) is 4.43. The van der Waals surface area contributed by atoms with Crippen molar-refractivity contribution in [1.29, 1.82) is 0 Å². The molecule has 0 aliphatic heterocycles. The van der Waals surface area contributed by atoms with Crippen LogP contribution in [0.3, 0.4) is 0 Å². The largest absolute Gasteiger partial charge is 0.276 e. The summed E-state index contributed by atoms with van der Waals surface area (Å²) in [6.07, 6.45) is 1.09. The molecule has 2 aromatic rings. The highest BCUT2D eigenvalue weighted by Crippen LogP contribution is 2.10. The first-order valence-corrected chi connectivity index (χ1v) is 5.25. The van der Waals surface area contributed by atoms with Gasteiger partial charge in [0.1, 0.15) is 6.33 Å². The van der Waals surface area contributed by atoms with Gasteiger partial charge in [0.25, 0.3) is 20.2 Å². The number of nitrogens with zero attached hydrogens (tertiary/aromatic N) is 3. The molecule has 0 bridgehead atoms. The average Bonchev–Trinajstić information content (AvgIpc) is 2.72. The molecule has 14 heavy (non-hydrogen) atoms. The lowest BCUT2D eigenvalue weighted by molar-refractivity contribution is 0.579. The van der Waals surface area contributed by atoms with E-state index in [4.69, 9.17) is 0 Å². The van der Waals surface area contributed by atoms with Crippen LogP contribution in [0.5, 0.6) is 0 Å². The molecule has 0 aliphatic carbocycles. The van der Waals surface area contributed by atoms with Gasteiger partial charge in [-0.1, -0.05) is 0 Å². The number of H-pyrrole nitrogens is 3. The molecule has 0 radical (unpaired) electrons. The Morgan fingerprint density at radius 2 is 2.07 bits per heavy atom. The van der Waals surface area contributed by atoms with Gasteiger partial charge in [0, 0.05) is 0 Å². The molecular weight excluding hydrogens is 228 g/mol. The zero-order valence-corrected chi connectivity index (χ0v) is 8.18. The lowest BCUT2D eigenvalue weighted by atomic mass is 11.3. The molecule has 2 aromatic heterocycles. The van der Waals surface area contributed by atoms with Crippen molar-refractivity contribution in [3.8, 4) is 0 Å². The van der Waals surface area contributed by atoms with Crippen LogP contribution < -0.4 is 0 Å². The van der Waals surface area contributed by atoms with Crippen molar-refractivity contribution >= 4 is 22.1 Å². The van der Waals surface area contributed by atoms with Crippen molar-refractivity contribution in [3.63, 3.8) is 0 Å². The third-order valence-electron chi connectivity index (χ3n) is 1.38. The van der Waals surface area contributed by atoms with Crippen LogP contribution >= 0.6 is 12.2 Å². The Bertz CT molecular complexity index is 577. The summed E-state index contributed by atoms with van der Waals surface area (Å²) in [6.45, 7) is 0. The number of sulfone groups is 1. The molecule has 3 N–H and O–H groups in total. The van der Waals surface area contributed by atoms with Crippen LogP contribution in [0.4, 0.5) is 0 Å². The SMILES string of the molecule is O=S(=O)(c1ncn[nH]1)c1nc(=S)[nH][nH]1. The van der Waals surface area contributed by atoms with Crippen molar-refractivity contribution in [1.82, 2.24) is 30.4 Å². The number of nitrogens with one attached hydrogen (secondary N) is 3. The molecule has 8 nitrogen and oxygen atoms in total. The van der Waals surface area contributed by atoms with Crippen LogP contribution in [0.1, 0.15) is 0 Å². The minimum atomic E-state index is -3.77. The summed E-state index contributed by atoms with van der Waals surface area (Å²) in [7, 11) is -3.77. The molecule has 0 unspecified atom stereocenters. The first kappa shape index (κ1) is 9.02. The van der Waals surface area contributed by atoms with Gasteiger partial charge in [-0.05, 0) is 12.2 Å². The number of hydrogen-bond donors (Lipinski definition) is 3. The van der Waals surface area contributed by atoms with Gasteiger partial charge in [0.15, 0.2) is 0 Å². The van der Waals surface area contributed by atoms with E-state index in [1.165, 1.54) is 0 Å². The molecule has 74 valence electrons. The minimum Gasteiger partial charge on any atom is -0.273 e. The first-order chi connectivity index (χ1) is 6.60. The quantitative estimate of drug-likeness (QED) is 0.596. The Balaban J connectivity index is 2.60. The van der Waals surface area contributed by atoms with Gasteiger partial charge in [-0.3, -0.25) is 10.2 Å². The van der Waals surface area contributed by atoms with Gasteiger partial charge in [-0.2, -0.15) is 10.1 Å². The monoisotopic (exact) mass is 232 g/mol. The standard InChI is InChI=1S/C4H4N6O2S2/c11-14(12,3-5-1-6-9-3)4-7-2(13)8-10-4/h1H,(H,5,6,9)(H2,7,8,10,13). The highest BCUT2D eigenvalue weighted by Gasteiger charge is 2.23. The number of hydrogen-bond acceptors (Lipinski definition) is 6. The molecule has 0 aromatic carbocycles.